The quantitative estimate of drug-likeness (QED) is 0.602. The molecule has 0 fully saturated rings. The molecule has 0 aliphatic rings. The molecule has 1 N–H and O–H groups in total. The highest BCUT2D eigenvalue weighted by Gasteiger charge is 2.00. The molecule has 13 heavy (non-hydrogen) atoms. The normalized spacial score (nSPS) is 10.0. The maximum Gasteiger partial charge on any atom is 0.0642 e. The highest BCUT2D eigenvalue weighted by atomic mass is 35.5. The molecule has 0 atom stereocenters. The highest BCUT2D eigenvalue weighted by molar-refractivity contribution is 8.13. The number of nitrogens with one attached hydrogen (secondary N) is 1. The van der Waals surface area contributed by atoms with E-state index in [0.29, 0.717) is 5.04 Å². The molecule has 1 rings (SSSR count). The van der Waals surface area contributed by atoms with Crippen LogP contribution in [-0.2, 0) is 6.42 Å². The fraction of sp³-hybridized carbons (Fsp3) is 0.300. The molecule has 0 spiro atoms. The number of aryl methyl sites for hydroxylation is 1. The van der Waals surface area contributed by atoms with Crippen molar-refractivity contribution in [2.24, 2.45) is 0 Å². The second-order valence-corrected chi connectivity index (χ2v) is 4.03. The molecule has 0 aliphatic carbocycles. The van der Waals surface area contributed by atoms with Gasteiger partial charge in [0.25, 0.3) is 0 Å². The first-order valence-corrected chi connectivity index (χ1v) is 5.69. The first-order valence-electron chi connectivity index (χ1n) is 4.09. The third kappa shape index (κ3) is 3.41. The summed E-state index contributed by atoms with van der Waals surface area (Å²) in [5, 5.41) is 8.99. The second kappa shape index (κ2) is 5.30. The van der Waals surface area contributed by atoms with Gasteiger partial charge in [-0.1, -0.05) is 29.8 Å². The molecule has 70 valence electrons. The molecular weight excluding hydrogens is 202 g/mol. The van der Waals surface area contributed by atoms with Gasteiger partial charge in [0.1, 0.15) is 0 Å². The average Bonchev–Trinajstić information content (AvgIpc) is 2.16. The van der Waals surface area contributed by atoms with Gasteiger partial charge in [0.15, 0.2) is 0 Å². The van der Waals surface area contributed by atoms with E-state index in [4.69, 9.17) is 17.0 Å². The molecule has 1 aromatic carbocycles. The van der Waals surface area contributed by atoms with Crippen molar-refractivity contribution >= 4 is 28.4 Å². The van der Waals surface area contributed by atoms with Crippen LogP contribution < -0.4 is 0 Å². The minimum atomic E-state index is 0.708. The van der Waals surface area contributed by atoms with Crippen molar-refractivity contribution in [3.05, 3.63) is 34.9 Å². The Balaban J connectivity index is 2.54. The number of halogens is 1. The van der Waals surface area contributed by atoms with E-state index in [0.717, 1.165) is 23.4 Å². The smallest absolute Gasteiger partial charge is 0.0642 e. The van der Waals surface area contributed by atoms with Crippen LogP contribution in [0, 0.1) is 5.41 Å². The number of hydrogen-bond donors (Lipinski definition) is 1. The molecule has 0 bridgehead atoms. The van der Waals surface area contributed by atoms with Crippen LogP contribution in [-0.4, -0.2) is 11.3 Å². The topological polar surface area (TPSA) is 23.9 Å². The van der Waals surface area contributed by atoms with Gasteiger partial charge in [-0.2, -0.15) is 0 Å². The third-order valence-corrected chi connectivity index (χ3v) is 2.89. The lowest BCUT2D eigenvalue weighted by Gasteiger charge is -2.03. The largest absolute Gasteiger partial charge is 0.298 e. The molecule has 0 radical (unpaired) electrons. The molecule has 0 amide bonds. The Hall–Kier alpha value is -0.470. The third-order valence-electron chi connectivity index (χ3n) is 1.83. The predicted octanol–water partition coefficient (Wildman–Crippen LogP) is 3.61. The van der Waals surface area contributed by atoms with Gasteiger partial charge >= 0.3 is 0 Å². The van der Waals surface area contributed by atoms with Crippen molar-refractivity contribution in [3.63, 3.8) is 0 Å². The Morgan fingerprint density at radius 3 is 2.77 bits per heavy atom. The van der Waals surface area contributed by atoms with E-state index < -0.39 is 0 Å². The first kappa shape index (κ1) is 10.6. The van der Waals surface area contributed by atoms with Crippen molar-refractivity contribution in [2.75, 3.05) is 6.26 Å². The van der Waals surface area contributed by atoms with E-state index in [2.05, 4.69) is 0 Å². The molecule has 0 saturated carbocycles. The van der Waals surface area contributed by atoms with Gasteiger partial charge in [-0.25, -0.2) is 0 Å². The van der Waals surface area contributed by atoms with Crippen LogP contribution in [0.3, 0.4) is 0 Å². The lowest BCUT2D eigenvalue weighted by molar-refractivity contribution is 1.04. The summed E-state index contributed by atoms with van der Waals surface area (Å²) in [6.07, 6.45) is 3.57. The van der Waals surface area contributed by atoms with E-state index in [1.165, 1.54) is 11.8 Å². The molecule has 0 aliphatic heterocycles. The summed E-state index contributed by atoms with van der Waals surface area (Å²) in [5.41, 5.74) is 1.13. The van der Waals surface area contributed by atoms with Crippen molar-refractivity contribution < 1.29 is 0 Å². The van der Waals surface area contributed by atoms with Crippen molar-refractivity contribution in [1.29, 1.82) is 5.41 Å². The van der Waals surface area contributed by atoms with Crippen LogP contribution in [0.15, 0.2) is 24.3 Å². The summed E-state index contributed by atoms with van der Waals surface area (Å²) < 4.78 is 0. The molecule has 0 unspecified atom stereocenters. The zero-order valence-electron chi connectivity index (χ0n) is 7.51. The van der Waals surface area contributed by atoms with E-state index in [1.807, 2.05) is 30.5 Å². The van der Waals surface area contributed by atoms with Gasteiger partial charge in [0.05, 0.1) is 5.04 Å². The Labute approximate surface area is 88.0 Å². The van der Waals surface area contributed by atoms with Crippen LogP contribution in [0.25, 0.3) is 0 Å². The summed E-state index contributed by atoms with van der Waals surface area (Å²) >= 11 is 7.46. The summed E-state index contributed by atoms with van der Waals surface area (Å²) in [5.74, 6) is 0. The van der Waals surface area contributed by atoms with Crippen molar-refractivity contribution in [3.8, 4) is 0 Å². The monoisotopic (exact) mass is 213 g/mol. The molecule has 1 aromatic rings. The highest BCUT2D eigenvalue weighted by Crippen LogP contribution is 2.17. The summed E-state index contributed by atoms with van der Waals surface area (Å²) in [6, 6.07) is 7.80. The van der Waals surface area contributed by atoms with Gasteiger partial charge < -0.3 is 0 Å². The Morgan fingerprint density at radius 2 is 2.15 bits per heavy atom. The van der Waals surface area contributed by atoms with Crippen molar-refractivity contribution in [1.82, 2.24) is 0 Å². The Morgan fingerprint density at radius 1 is 1.46 bits per heavy atom. The molecule has 0 heterocycles. The summed E-state index contributed by atoms with van der Waals surface area (Å²) in [6.45, 7) is 0. The fourth-order valence-corrected chi connectivity index (χ4v) is 1.59. The van der Waals surface area contributed by atoms with Crippen molar-refractivity contribution in [2.45, 2.75) is 12.8 Å². The number of rotatable bonds is 3. The predicted molar refractivity (Wildman–Crippen MR) is 61.0 cm³/mol. The maximum atomic E-state index is 7.48. The van der Waals surface area contributed by atoms with E-state index in [-0.39, 0.29) is 0 Å². The number of hydrogen-bond acceptors (Lipinski definition) is 2. The Bertz CT molecular complexity index is 299. The van der Waals surface area contributed by atoms with Crippen LogP contribution in [0.5, 0.6) is 0 Å². The minimum absolute atomic E-state index is 0.708. The fourth-order valence-electron chi connectivity index (χ4n) is 1.05. The maximum absolute atomic E-state index is 7.48. The van der Waals surface area contributed by atoms with Crippen LogP contribution in [0.1, 0.15) is 12.0 Å². The van der Waals surface area contributed by atoms with Crippen LogP contribution in [0.4, 0.5) is 0 Å². The Kier molecular flexibility index (Phi) is 4.33. The zero-order valence-corrected chi connectivity index (χ0v) is 9.08. The minimum Gasteiger partial charge on any atom is -0.298 e. The van der Waals surface area contributed by atoms with Gasteiger partial charge in [0.2, 0.25) is 0 Å². The summed E-state index contributed by atoms with van der Waals surface area (Å²) in [7, 11) is 0. The lowest BCUT2D eigenvalue weighted by atomic mass is 10.1. The van der Waals surface area contributed by atoms with Gasteiger partial charge in [-0.05, 0) is 30.7 Å². The van der Waals surface area contributed by atoms with E-state index >= 15 is 0 Å². The molecule has 1 nitrogen and oxygen atoms in total. The molecular formula is C10H12ClNS. The van der Waals surface area contributed by atoms with Gasteiger partial charge in [-0.3, -0.25) is 5.41 Å². The second-order valence-electron chi connectivity index (χ2n) is 2.72. The molecule has 0 aromatic heterocycles. The van der Waals surface area contributed by atoms with Crippen LogP contribution in [0.2, 0.25) is 5.02 Å². The molecule has 3 heteroatoms. The van der Waals surface area contributed by atoms with Gasteiger partial charge in [-0.15, -0.1) is 11.8 Å². The van der Waals surface area contributed by atoms with E-state index in [9.17, 15) is 0 Å². The van der Waals surface area contributed by atoms with E-state index in [1.54, 1.807) is 0 Å². The SMILES string of the molecule is CSC(=N)CCc1ccccc1Cl. The standard InChI is InChI=1S/C10H12ClNS/c1-13-10(12)7-6-8-4-2-3-5-9(8)11/h2-5,12H,6-7H2,1H3. The zero-order chi connectivity index (χ0) is 9.68. The first-order chi connectivity index (χ1) is 6.24. The lowest BCUT2D eigenvalue weighted by Crippen LogP contribution is -1.93. The summed E-state index contributed by atoms with van der Waals surface area (Å²) in [4.78, 5) is 0. The molecule has 0 saturated heterocycles. The van der Waals surface area contributed by atoms with Crippen LogP contribution >= 0.6 is 23.4 Å². The van der Waals surface area contributed by atoms with Gasteiger partial charge in [0, 0.05) is 5.02 Å². The number of thioether (sulfide) groups is 1. The number of benzene rings is 1. The average molecular weight is 214 g/mol.